The average molecular weight is 285 g/mol. The van der Waals surface area contributed by atoms with Crippen LogP contribution in [0.15, 0.2) is 0 Å². The first kappa shape index (κ1) is 16.4. The van der Waals surface area contributed by atoms with Crippen LogP contribution in [0.3, 0.4) is 0 Å². The lowest BCUT2D eigenvalue weighted by atomic mass is 10.2. The zero-order valence-corrected chi connectivity index (χ0v) is 11.9. The van der Waals surface area contributed by atoms with Crippen LogP contribution in [0.4, 0.5) is 4.79 Å². The van der Waals surface area contributed by atoms with Crippen LogP contribution in [0, 0.1) is 0 Å². The third-order valence-electron chi connectivity index (χ3n) is 3.31. The van der Waals surface area contributed by atoms with Gasteiger partial charge in [-0.25, -0.2) is 4.79 Å². The molecule has 0 saturated heterocycles. The molecule has 0 bridgehead atoms. The normalized spacial score (nSPS) is 15.3. The number of rotatable bonds is 7. The van der Waals surface area contributed by atoms with E-state index >= 15 is 0 Å². The van der Waals surface area contributed by atoms with Crippen molar-refractivity contribution >= 4 is 17.9 Å². The molecule has 1 fully saturated rings. The number of nitrogens with one attached hydrogen (secondary N) is 2. The maximum atomic E-state index is 11.8. The fourth-order valence-electron chi connectivity index (χ4n) is 2.39. The quantitative estimate of drug-likeness (QED) is 0.634. The molecule has 1 aliphatic rings. The zero-order valence-electron chi connectivity index (χ0n) is 11.9. The molecule has 1 rings (SSSR count). The summed E-state index contributed by atoms with van der Waals surface area (Å²) in [7, 11) is 0. The van der Waals surface area contributed by atoms with Crippen LogP contribution in [-0.4, -0.2) is 53.6 Å². The Hall–Kier alpha value is -1.63. The molecule has 0 atom stereocenters. The van der Waals surface area contributed by atoms with Crippen LogP contribution in [0.1, 0.15) is 39.0 Å². The highest BCUT2D eigenvalue weighted by atomic mass is 16.4. The van der Waals surface area contributed by atoms with Crippen LogP contribution in [0.5, 0.6) is 0 Å². The summed E-state index contributed by atoms with van der Waals surface area (Å²) in [6.45, 7) is 2.18. The van der Waals surface area contributed by atoms with Crippen molar-refractivity contribution in [2.24, 2.45) is 0 Å². The van der Waals surface area contributed by atoms with Gasteiger partial charge in [0.05, 0.1) is 13.1 Å². The van der Waals surface area contributed by atoms with Crippen molar-refractivity contribution in [2.75, 3.05) is 19.6 Å². The van der Waals surface area contributed by atoms with Crippen LogP contribution in [0.2, 0.25) is 0 Å². The molecule has 0 radical (unpaired) electrons. The van der Waals surface area contributed by atoms with E-state index in [1.54, 1.807) is 4.90 Å². The van der Waals surface area contributed by atoms with Crippen LogP contribution >= 0.6 is 0 Å². The summed E-state index contributed by atoms with van der Waals surface area (Å²) in [5, 5.41) is 13.7. The van der Waals surface area contributed by atoms with Gasteiger partial charge in [-0.1, -0.05) is 19.8 Å². The van der Waals surface area contributed by atoms with E-state index in [9.17, 15) is 14.4 Å². The second kappa shape index (κ2) is 8.52. The molecular weight excluding hydrogens is 262 g/mol. The van der Waals surface area contributed by atoms with E-state index in [2.05, 4.69) is 10.6 Å². The van der Waals surface area contributed by atoms with E-state index in [1.165, 1.54) is 0 Å². The number of hydrogen-bond donors (Lipinski definition) is 3. The average Bonchev–Trinajstić information content (AvgIpc) is 2.88. The van der Waals surface area contributed by atoms with E-state index in [1.807, 2.05) is 6.92 Å². The number of urea groups is 1. The maximum Gasteiger partial charge on any atom is 0.321 e. The van der Waals surface area contributed by atoms with Crippen molar-refractivity contribution in [2.45, 2.75) is 45.1 Å². The molecule has 0 unspecified atom stereocenters. The summed E-state index contributed by atoms with van der Waals surface area (Å²) in [4.78, 5) is 35.6. The van der Waals surface area contributed by atoms with Gasteiger partial charge in [0.1, 0.15) is 0 Å². The number of nitrogens with zero attached hydrogens (tertiary/aromatic N) is 1. The van der Waals surface area contributed by atoms with Crippen LogP contribution < -0.4 is 10.6 Å². The smallest absolute Gasteiger partial charge is 0.321 e. The lowest BCUT2D eigenvalue weighted by Crippen LogP contribution is -2.48. The first-order valence-corrected chi connectivity index (χ1v) is 7.06. The highest BCUT2D eigenvalue weighted by Crippen LogP contribution is 2.22. The van der Waals surface area contributed by atoms with E-state index in [-0.39, 0.29) is 19.1 Å². The largest absolute Gasteiger partial charge is 0.480 e. The van der Waals surface area contributed by atoms with Gasteiger partial charge in [-0.2, -0.15) is 0 Å². The molecule has 0 aromatic rings. The van der Waals surface area contributed by atoms with Crippen molar-refractivity contribution < 1.29 is 19.5 Å². The number of carboxylic acids is 1. The van der Waals surface area contributed by atoms with Crippen molar-refractivity contribution in [3.8, 4) is 0 Å². The number of carboxylic acid groups (broad SMARTS) is 1. The van der Waals surface area contributed by atoms with Gasteiger partial charge in [0.15, 0.2) is 0 Å². The van der Waals surface area contributed by atoms with Gasteiger partial charge in [0, 0.05) is 12.6 Å². The fourth-order valence-corrected chi connectivity index (χ4v) is 2.39. The first-order valence-electron chi connectivity index (χ1n) is 7.06. The minimum atomic E-state index is -0.958. The molecule has 0 heterocycles. The Morgan fingerprint density at radius 1 is 1.20 bits per heavy atom. The lowest BCUT2D eigenvalue weighted by molar-refractivity contribution is -0.139. The number of carbonyl (C=O) groups excluding carboxylic acids is 2. The van der Waals surface area contributed by atoms with E-state index < -0.39 is 17.9 Å². The molecule has 1 aliphatic carbocycles. The SMILES string of the molecule is CCCNC(=O)NC(=O)CN(CC(=O)O)C1CCCC1. The molecule has 114 valence electrons. The standard InChI is InChI=1S/C13H23N3O4/c1-2-7-14-13(20)15-11(17)8-16(9-12(18)19)10-5-3-4-6-10/h10H,2-9H2,1H3,(H,18,19)(H2,14,15,17,20). The van der Waals surface area contributed by atoms with Gasteiger partial charge >= 0.3 is 12.0 Å². The minimum absolute atomic E-state index is 0.0590. The van der Waals surface area contributed by atoms with Gasteiger partial charge in [0.2, 0.25) is 5.91 Å². The van der Waals surface area contributed by atoms with Crippen LogP contribution in [0.25, 0.3) is 0 Å². The molecule has 7 nitrogen and oxygen atoms in total. The predicted molar refractivity (Wildman–Crippen MR) is 73.3 cm³/mol. The molecule has 0 aliphatic heterocycles. The minimum Gasteiger partial charge on any atom is -0.480 e. The molecule has 0 aromatic carbocycles. The van der Waals surface area contributed by atoms with E-state index in [0.29, 0.717) is 6.54 Å². The number of imide groups is 1. The summed E-state index contributed by atoms with van der Waals surface area (Å²) in [6.07, 6.45) is 4.71. The van der Waals surface area contributed by atoms with Crippen LogP contribution in [-0.2, 0) is 9.59 Å². The number of hydrogen-bond acceptors (Lipinski definition) is 4. The number of carbonyl (C=O) groups is 3. The zero-order chi connectivity index (χ0) is 15.0. The highest BCUT2D eigenvalue weighted by Gasteiger charge is 2.26. The molecule has 0 spiro atoms. The van der Waals surface area contributed by atoms with Gasteiger partial charge in [0.25, 0.3) is 0 Å². The summed E-state index contributed by atoms with van der Waals surface area (Å²) in [6, 6.07) is -0.408. The summed E-state index contributed by atoms with van der Waals surface area (Å²) >= 11 is 0. The molecule has 7 heteroatoms. The van der Waals surface area contributed by atoms with Gasteiger partial charge in [-0.3, -0.25) is 19.8 Å². The topological polar surface area (TPSA) is 98.7 Å². The molecule has 20 heavy (non-hydrogen) atoms. The highest BCUT2D eigenvalue weighted by molar-refractivity contribution is 5.95. The van der Waals surface area contributed by atoms with Crippen molar-refractivity contribution in [3.05, 3.63) is 0 Å². The van der Waals surface area contributed by atoms with Crippen molar-refractivity contribution in [1.29, 1.82) is 0 Å². The van der Waals surface area contributed by atoms with E-state index in [4.69, 9.17) is 5.11 Å². The Balaban J connectivity index is 2.44. The van der Waals surface area contributed by atoms with Crippen molar-refractivity contribution in [1.82, 2.24) is 15.5 Å². The summed E-state index contributed by atoms with van der Waals surface area (Å²) in [5.74, 6) is -1.42. The molecule has 0 aromatic heterocycles. The maximum absolute atomic E-state index is 11.8. The lowest BCUT2D eigenvalue weighted by Gasteiger charge is -2.26. The Labute approximate surface area is 118 Å². The van der Waals surface area contributed by atoms with Crippen molar-refractivity contribution in [3.63, 3.8) is 0 Å². The van der Waals surface area contributed by atoms with Gasteiger partial charge in [-0.05, 0) is 19.3 Å². The van der Waals surface area contributed by atoms with Gasteiger partial charge < -0.3 is 10.4 Å². The number of aliphatic carboxylic acids is 1. The molecular formula is C13H23N3O4. The summed E-state index contributed by atoms with van der Waals surface area (Å²) in [5.41, 5.74) is 0. The third kappa shape index (κ3) is 6.01. The Bertz CT molecular complexity index is 354. The van der Waals surface area contributed by atoms with E-state index in [0.717, 1.165) is 32.1 Å². The first-order chi connectivity index (χ1) is 9.52. The Kier molecular flexibility index (Phi) is 7.00. The predicted octanol–water partition coefficient (Wildman–Crippen LogP) is 0.551. The molecule has 1 saturated carbocycles. The monoisotopic (exact) mass is 285 g/mol. The molecule has 3 amide bonds. The second-order valence-electron chi connectivity index (χ2n) is 5.04. The number of amides is 3. The second-order valence-corrected chi connectivity index (χ2v) is 5.04. The fraction of sp³-hybridized carbons (Fsp3) is 0.769. The van der Waals surface area contributed by atoms with Gasteiger partial charge in [-0.15, -0.1) is 0 Å². The Morgan fingerprint density at radius 3 is 2.40 bits per heavy atom. The third-order valence-corrected chi connectivity index (χ3v) is 3.31. The Morgan fingerprint density at radius 2 is 1.85 bits per heavy atom. The molecule has 3 N–H and O–H groups in total. The summed E-state index contributed by atoms with van der Waals surface area (Å²) < 4.78 is 0.